The van der Waals surface area contributed by atoms with Gasteiger partial charge in [0.1, 0.15) is 0 Å². The molecule has 1 atom stereocenters. The van der Waals surface area contributed by atoms with Crippen LogP contribution < -0.4 is 5.73 Å². The second-order valence-corrected chi connectivity index (χ2v) is 6.28. The summed E-state index contributed by atoms with van der Waals surface area (Å²) in [5.74, 6) is 0. The number of nitrogens with zero attached hydrogens (tertiary/aromatic N) is 1. The molecule has 106 valence electrons. The number of nitrogens with two attached hydrogens (primary N) is 1. The van der Waals surface area contributed by atoms with E-state index in [1.165, 1.54) is 5.56 Å². The largest absolute Gasteiger partial charge is 0.368 e. The van der Waals surface area contributed by atoms with E-state index in [1.807, 2.05) is 12.1 Å². The first kappa shape index (κ1) is 14.8. The second kappa shape index (κ2) is 6.23. The molecular weight excluding hydrogens is 260 g/mol. The van der Waals surface area contributed by atoms with Gasteiger partial charge in [-0.3, -0.25) is 4.90 Å². The van der Waals surface area contributed by atoms with E-state index in [9.17, 15) is 0 Å². The Morgan fingerprint density at radius 1 is 1.37 bits per heavy atom. The van der Waals surface area contributed by atoms with Gasteiger partial charge < -0.3 is 10.5 Å². The Hall–Kier alpha value is -0.610. The Labute approximate surface area is 120 Å². The van der Waals surface area contributed by atoms with Crippen molar-refractivity contribution in [1.82, 2.24) is 4.90 Å². The SMILES string of the molecule is CC1(C)CN(CCc2ccc(Cl)cc2)CC(CN)O1. The number of hydrogen-bond donors (Lipinski definition) is 1. The van der Waals surface area contributed by atoms with E-state index in [-0.39, 0.29) is 11.7 Å². The predicted octanol–water partition coefficient (Wildman–Crippen LogP) is 2.32. The van der Waals surface area contributed by atoms with Crippen molar-refractivity contribution < 1.29 is 4.74 Å². The Kier molecular flexibility index (Phi) is 4.85. The maximum Gasteiger partial charge on any atom is 0.0831 e. The molecule has 0 spiro atoms. The van der Waals surface area contributed by atoms with Gasteiger partial charge in [-0.05, 0) is 38.0 Å². The van der Waals surface area contributed by atoms with Crippen LogP contribution in [0.25, 0.3) is 0 Å². The summed E-state index contributed by atoms with van der Waals surface area (Å²) in [6.45, 7) is 7.75. The van der Waals surface area contributed by atoms with E-state index in [4.69, 9.17) is 22.1 Å². The third kappa shape index (κ3) is 4.46. The van der Waals surface area contributed by atoms with Gasteiger partial charge in [0.2, 0.25) is 0 Å². The van der Waals surface area contributed by atoms with E-state index < -0.39 is 0 Å². The number of rotatable bonds is 4. The summed E-state index contributed by atoms with van der Waals surface area (Å²) in [4.78, 5) is 2.44. The van der Waals surface area contributed by atoms with Gasteiger partial charge in [-0.25, -0.2) is 0 Å². The lowest BCUT2D eigenvalue weighted by Gasteiger charge is -2.42. The summed E-state index contributed by atoms with van der Waals surface area (Å²) in [5.41, 5.74) is 6.95. The highest BCUT2D eigenvalue weighted by molar-refractivity contribution is 6.30. The zero-order chi connectivity index (χ0) is 13.9. The van der Waals surface area contributed by atoms with E-state index in [0.29, 0.717) is 6.54 Å². The molecule has 3 nitrogen and oxygen atoms in total. The van der Waals surface area contributed by atoms with Crippen molar-refractivity contribution in [1.29, 1.82) is 0 Å². The standard InChI is InChI=1S/C15H23ClN2O/c1-15(2)11-18(10-14(9-17)19-15)8-7-12-3-5-13(16)6-4-12/h3-6,14H,7-11,17H2,1-2H3. The molecule has 1 saturated heterocycles. The zero-order valence-corrected chi connectivity index (χ0v) is 12.5. The van der Waals surface area contributed by atoms with Crippen molar-refractivity contribution in [2.24, 2.45) is 5.73 Å². The van der Waals surface area contributed by atoms with Gasteiger partial charge in [-0.15, -0.1) is 0 Å². The molecule has 4 heteroatoms. The van der Waals surface area contributed by atoms with Crippen LogP contribution in [0.4, 0.5) is 0 Å². The number of morpholine rings is 1. The smallest absolute Gasteiger partial charge is 0.0831 e. The lowest BCUT2D eigenvalue weighted by atomic mass is 10.0. The molecule has 0 radical (unpaired) electrons. The Balaban J connectivity index is 1.89. The molecule has 1 aromatic carbocycles. The van der Waals surface area contributed by atoms with Crippen molar-refractivity contribution in [2.75, 3.05) is 26.2 Å². The molecule has 1 fully saturated rings. The predicted molar refractivity (Wildman–Crippen MR) is 79.6 cm³/mol. The molecule has 0 aromatic heterocycles. The first-order valence-corrected chi connectivity index (χ1v) is 7.21. The average molecular weight is 283 g/mol. The van der Waals surface area contributed by atoms with Crippen molar-refractivity contribution in [2.45, 2.75) is 32.0 Å². The molecule has 0 saturated carbocycles. The molecule has 0 bridgehead atoms. The average Bonchev–Trinajstić information content (AvgIpc) is 2.36. The van der Waals surface area contributed by atoms with Gasteiger partial charge in [0.05, 0.1) is 11.7 Å². The molecule has 0 aliphatic carbocycles. The minimum atomic E-state index is -0.109. The van der Waals surface area contributed by atoms with E-state index >= 15 is 0 Å². The van der Waals surface area contributed by atoms with Gasteiger partial charge in [0.15, 0.2) is 0 Å². The molecule has 2 rings (SSSR count). The summed E-state index contributed by atoms with van der Waals surface area (Å²) in [5, 5.41) is 0.791. The van der Waals surface area contributed by atoms with Crippen LogP contribution in [0, 0.1) is 0 Å². The topological polar surface area (TPSA) is 38.5 Å². The highest BCUT2D eigenvalue weighted by Gasteiger charge is 2.32. The molecule has 1 aliphatic rings. The minimum absolute atomic E-state index is 0.109. The fourth-order valence-corrected chi connectivity index (χ4v) is 2.77. The highest BCUT2D eigenvalue weighted by atomic mass is 35.5. The van der Waals surface area contributed by atoms with Crippen LogP contribution in [-0.4, -0.2) is 42.8 Å². The number of halogens is 1. The molecule has 19 heavy (non-hydrogen) atoms. The van der Waals surface area contributed by atoms with Crippen LogP contribution in [0.3, 0.4) is 0 Å². The van der Waals surface area contributed by atoms with Crippen molar-refractivity contribution in [3.8, 4) is 0 Å². The van der Waals surface area contributed by atoms with Gasteiger partial charge in [-0.1, -0.05) is 23.7 Å². The number of ether oxygens (including phenoxy) is 1. The summed E-state index contributed by atoms with van der Waals surface area (Å²) >= 11 is 5.89. The van der Waals surface area contributed by atoms with Crippen LogP contribution in [0.2, 0.25) is 5.02 Å². The quantitative estimate of drug-likeness (QED) is 0.921. The van der Waals surface area contributed by atoms with E-state index in [0.717, 1.165) is 31.1 Å². The van der Waals surface area contributed by atoms with Gasteiger partial charge >= 0.3 is 0 Å². The van der Waals surface area contributed by atoms with Crippen LogP contribution in [-0.2, 0) is 11.2 Å². The van der Waals surface area contributed by atoms with Gasteiger partial charge in [0.25, 0.3) is 0 Å². The number of hydrogen-bond acceptors (Lipinski definition) is 3. The normalized spacial score (nSPS) is 23.5. The molecule has 1 aliphatic heterocycles. The van der Waals surface area contributed by atoms with Crippen molar-refractivity contribution in [3.63, 3.8) is 0 Å². The monoisotopic (exact) mass is 282 g/mol. The summed E-state index contributed by atoms with van der Waals surface area (Å²) in [7, 11) is 0. The molecule has 1 heterocycles. The van der Waals surface area contributed by atoms with Crippen LogP contribution >= 0.6 is 11.6 Å². The van der Waals surface area contributed by atoms with Gasteiger partial charge in [-0.2, -0.15) is 0 Å². The summed E-state index contributed by atoms with van der Waals surface area (Å²) in [6, 6.07) is 8.08. The highest BCUT2D eigenvalue weighted by Crippen LogP contribution is 2.21. The van der Waals surface area contributed by atoms with E-state index in [1.54, 1.807) is 0 Å². The molecule has 1 aromatic rings. The summed E-state index contributed by atoms with van der Waals surface area (Å²) in [6.07, 6.45) is 1.18. The van der Waals surface area contributed by atoms with Crippen LogP contribution in [0.15, 0.2) is 24.3 Å². The molecule has 1 unspecified atom stereocenters. The van der Waals surface area contributed by atoms with Crippen molar-refractivity contribution in [3.05, 3.63) is 34.9 Å². The lowest BCUT2D eigenvalue weighted by molar-refractivity contribution is -0.131. The van der Waals surface area contributed by atoms with Crippen molar-refractivity contribution >= 4 is 11.6 Å². The Bertz CT molecular complexity index is 405. The first-order chi connectivity index (χ1) is 8.98. The first-order valence-electron chi connectivity index (χ1n) is 6.83. The van der Waals surface area contributed by atoms with Crippen LogP contribution in [0.5, 0.6) is 0 Å². The zero-order valence-electron chi connectivity index (χ0n) is 11.7. The third-order valence-corrected chi connectivity index (χ3v) is 3.70. The molecular formula is C15H23ClN2O. The second-order valence-electron chi connectivity index (χ2n) is 5.85. The fraction of sp³-hybridized carbons (Fsp3) is 0.600. The Morgan fingerprint density at radius 3 is 2.68 bits per heavy atom. The van der Waals surface area contributed by atoms with E-state index in [2.05, 4.69) is 30.9 Å². The lowest BCUT2D eigenvalue weighted by Crippen LogP contribution is -2.55. The third-order valence-electron chi connectivity index (χ3n) is 3.44. The molecule has 2 N–H and O–H groups in total. The minimum Gasteiger partial charge on any atom is -0.368 e. The number of benzene rings is 1. The van der Waals surface area contributed by atoms with Gasteiger partial charge in [0, 0.05) is 31.2 Å². The van der Waals surface area contributed by atoms with Crippen LogP contribution in [0.1, 0.15) is 19.4 Å². The fourth-order valence-electron chi connectivity index (χ4n) is 2.65. The Morgan fingerprint density at radius 2 is 2.05 bits per heavy atom. The maximum absolute atomic E-state index is 5.94. The summed E-state index contributed by atoms with van der Waals surface area (Å²) < 4.78 is 5.94. The molecule has 0 amide bonds. The maximum atomic E-state index is 5.94.